The molecule has 2 aliphatic heterocycles. The van der Waals surface area contributed by atoms with Gasteiger partial charge in [-0.2, -0.15) is 0 Å². The lowest BCUT2D eigenvalue weighted by atomic mass is 9.99. The van der Waals surface area contributed by atoms with Crippen molar-refractivity contribution in [2.45, 2.75) is 77.8 Å². The Hall–Kier alpha value is -2.06. The van der Waals surface area contributed by atoms with Crippen molar-refractivity contribution < 1.29 is 28.5 Å². The number of fused-ring (bicyclic) bond motifs is 1. The van der Waals surface area contributed by atoms with Crippen LogP contribution in [0.4, 0.5) is 4.79 Å². The first-order valence-corrected chi connectivity index (χ1v) is 13.8. The molecule has 204 valence electrons. The predicted octanol–water partition coefficient (Wildman–Crippen LogP) is 6.65. The maximum absolute atomic E-state index is 12.4. The average molecular weight is 534 g/mol. The van der Waals surface area contributed by atoms with Gasteiger partial charge in [0, 0.05) is 37.6 Å². The van der Waals surface area contributed by atoms with Crippen LogP contribution in [0.1, 0.15) is 76.5 Å². The number of carbonyl (C=O) groups excluding carboxylic acids is 1. The summed E-state index contributed by atoms with van der Waals surface area (Å²) in [4.78, 5) is 14.2. The molecule has 2 heterocycles. The number of allylic oxidation sites excluding steroid dienone is 2. The average Bonchev–Trinajstić information content (AvgIpc) is 3.23. The van der Waals surface area contributed by atoms with Gasteiger partial charge in [0.2, 0.25) is 5.79 Å². The molecular weight excluding hydrogens is 494 g/mol. The number of halogens is 1. The first-order valence-electron chi connectivity index (χ1n) is 13.4. The van der Waals surface area contributed by atoms with Crippen molar-refractivity contribution >= 4 is 17.7 Å². The fraction of sp³-hybridized carbons (Fsp3) is 0.621. The van der Waals surface area contributed by atoms with Gasteiger partial charge in [0.1, 0.15) is 11.9 Å². The number of nitrogens with zero attached hydrogens (tertiary/aromatic N) is 1. The van der Waals surface area contributed by atoms with E-state index in [0.717, 1.165) is 72.6 Å². The van der Waals surface area contributed by atoms with E-state index in [2.05, 4.69) is 13.0 Å². The molecule has 1 fully saturated rings. The molecule has 1 saturated heterocycles. The summed E-state index contributed by atoms with van der Waals surface area (Å²) in [7, 11) is 0. The summed E-state index contributed by atoms with van der Waals surface area (Å²) in [6.07, 6.45) is 7.72. The molecule has 0 N–H and O–H groups in total. The van der Waals surface area contributed by atoms with Crippen LogP contribution in [0, 0.1) is 0 Å². The molecule has 0 radical (unpaired) electrons. The van der Waals surface area contributed by atoms with Crippen molar-refractivity contribution in [1.29, 1.82) is 0 Å². The predicted molar refractivity (Wildman–Crippen MR) is 143 cm³/mol. The third kappa shape index (κ3) is 7.96. The molecule has 1 amide bonds. The van der Waals surface area contributed by atoms with Crippen LogP contribution in [0.3, 0.4) is 0 Å². The summed E-state index contributed by atoms with van der Waals surface area (Å²) in [5.74, 6) is 0.206. The maximum atomic E-state index is 12.4. The SMILES string of the molecule is CC1=C(COCCOCCCCCCN2CC(c3ccc4c(c3)COC(C)(C)O4)OC2=O)C(Cl)=CCC1. The van der Waals surface area contributed by atoms with E-state index in [1.165, 1.54) is 5.57 Å². The Kier molecular flexibility index (Phi) is 9.93. The van der Waals surface area contributed by atoms with Gasteiger partial charge in [-0.05, 0) is 55.9 Å². The zero-order valence-electron chi connectivity index (χ0n) is 22.4. The van der Waals surface area contributed by atoms with Crippen LogP contribution in [-0.4, -0.2) is 56.3 Å². The van der Waals surface area contributed by atoms with Crippen LogP contribution in [0.5, 0.6) is 5.75 Å². The molecule has 0 bridgehead atoms. The lowest BCUT2D eigenvalue weighted by Gasteiger charge is -2.32. The Morgan fingerprint density at radius 3 is 2.76 bits per heavy atom. The monoisotopic (exact) mass is 533 g/mol. The standard InChI is InChI=1S/C29H40ClNO6/c1-21-9-8-10-25(30)24(21)20-34-16-15-33-14-7-5-4-6-13-31-18-27(36-28(31)32)22-11-12-26-23(17-22)19-35-29(2,3)37-26/h10-12,17,27H,4-9,13-16,18-20H2,1-3H3. The van der Waals surface area contributed by atoms with Gasteiger partial charge in [0.25, 0.3) is 0 Å². The summed E-state index contributed by atoms with van der Waals surface area (Å²) >= 11 is 6.27. The number of unbranched alkanes of at least 4 members (excludes halogenated alkanes) is 3. The van der Waals surface area contributed by atoms with Gasteiger partial charge in [-0.3, -0.25) is 0 Å². The van der Waals surface area contributed by atoms with E-state index in [9.17, 15) is 4.79 Å². The Morgan fingerprint density at radius 1 is 1.11 bits per heavy atom. The maximum Gasteiger partial charge on any atom is 0.410 e. The second kappa shape index (κ2) is 13.1. The van der Waals surface area contributed by atoms with E-state index in [1.807, 2.05) is 32.0 Å². The number of benzene rings is 1. The normalized spacial score (nSPS) is 21.0. The third-order valence-corrected chi connectivity index (χ3v) is 7.39. The Bertz CT molecular complexity index is 1000. The van der Waals surface area contributed by atoms with Crippen LogP contribution >= 0.6 is 11.6 Å². The number of ether oxygens (including phenoxy) is 5. The molecule has 0 aromatic heterocycles. The molecule has 0 saturated carbocycles. The minimum Gasteiger partial charge on any atom is -0.463 e. The summed E-state index contributed by atoms with van der Waals surface area (Å²) < 4.78 is 28.7. The number of cyclic esters (lactones) is 1. The smallest absolute Gasteiger partial charge is 0.410 e. The van der Waals surface area contributed by atoms with Crippen molar-refractivity contribution in [2.75, 3.05) is 39.5 Å². The molecule has 1 aromatic rings. The first-order chi connectivity index (χ1) is 17.8. The van der Waals surface area contributed by atoms with Crippen molar-refractivity contribution in [3.63, 3.8) is 0 Å². The first kappa shape index (κ1) is 28.0. The molecule has 1 aliphatic carbocycles. The van der Waals surface area contributed by atoms with Crippen LogP contribution < -0.4 is 4.74 Å². The summed E-state index contributed by atoms with van der Waals surface area (Å²) in [6.45, 7) is 10.1. The van der Waals surface area contributed by atoms with Crippen molar-refractivity contribution in [2.24, 2.45) is 0 Å². The number of carbonyl (C=O) groups is 1. The highest BCUT2D eigenvalue weighted by molar-refractivity contribution is 6.32. The quantitative estimate of drug-likeness (QED) is 0.264. The topological polar surface area (TPSA) is 66.5 Å². The summed E-state index contributed by atoms with van der Waals surface area (Å²) in [5, 5.41) is 0.829. The van der Waals surface area contributed by atoms with E-state index in [1.54, 1.807) is 4.90 Å². The highest BCUT2D eigenvalue weighted by Gasteiger charge is 2.33. The van der Waals surface area contributed by atoms with Gasteiger partial charge < -0.3 is 28.6 Å². The molecule has 1 unspecified atom stereocenters. The van der Waals surface area contributed by atoms with Gasteiger partial charge >= 0.3 is 6.09 Å². The van der Waals surface area contributed by atoms with Gasteiger partial charge in [-0.1, -0.05) is 42.2 Å². The molecule has 1 aromatic carbocycles. The molecule has 4 rings (SSSR count). The van der Waals surface area contributed by atoms with Crippen LogP contribution in [0.15, 0.2) is 40.5 Å². The highest BCUT2D eigenvalue weighted by Crippen LogP contribution is 2.35. The van der Waals surface area contributed by atoms with E-state index in [4.69, 9.17) is 35.3 Å². The Labute approximate surface area is 225 Å². The zero-order chi connectivity index (χ0) is 26.3. The minimum absolute atomic E-state index is 0.240. The van der Waals surface area contributed by atoms with Gasteiger partial charge in [-0.15, -0.1) is 0 Å². The van der Waals surface area contributed by atoms with Crippen LogP contribution in [0.25, 0.3) is 0 Å². The second-order valence-electron chi connectivity index (χ2n) is 10.4. The lowest BCUT2D eigenvalue weighted by Crippen LogP contribution is -2.35. The second-order valence-corrected chi connectivity index (χ2v) is 10.8. The molecule has 8 heteroatoms. The highest BCUT2D eigenvalue weighted by atomic mass is 35.5. The van der Waals surface area contributed by atoms with Gasteiger partial charge in [0.05, 0.1) is 33.0 Å². The molecule has 3 aliphatic rings. The number of hydrogen-bond donors (Lipinski definition) is 0. The lowest BCUT2D eigenvalue weighted by molar-refractivity contribution is -0.180. The van der Waals surface area contributed by atoms with Gasteiger partial charge in [0.15, 0.2) is 0 Å². The summed E-state index contributed by atoms with van der Waals surface area (Å²) in [6, 6.07) is 5.95. The van der Waals surface area contributed by atoms with Crippen molar-refractivity contribution in [1.82, 2.24) is 4.90 Å². The van der Waals surface area contributed by atoms with Crippen LogP contribution in [-0.2, 0) is 25.6 Å². The Balaban J connectivity index is 1.05. The number of amides is 1. The fourth-order valence-corrected chi connectivity index (χ4v) is 5.09. The molecule has 0 spiro atoms. The third-order valence-electron chi connectivity index (χ3n) is 7.01. The molecule has 37 heavy (non-hydrogen) atoms. The van der Waals surface area contributed by atoms with Gasteiger partial charge in [-0.25, -0.2) is 4.79 Å². The van der Waals surface area contributed by atoms with Crippen molar-refractivity contribution in [3.8, 4) is 5.75 Å². The largest absolute Gasteiger partial charge is 0.463 e. The molecule has 1 atom stereocenters. The number of rotatable bonds is 13. The minimum atomic E-state index is -0.621. The summed E-state index contributed by atoms with van der Waals surface area (Å²) in [5.41, 5.74) is 4.41. The van der Waals surface area contributed by atoms with Crippen LogP contribution in [0.2, 0.25) is 0 Å². The van der Waals surface area contributed by atoms with E-state index in [-0.39, 0.29) is 12.2 Å². The molecule has 7 nitrogen and oxygen atoms in total. The van der Waals surface area contributed by atoms with E-state index >= 15 is 0 Å². The number of hydrogen-bond acceptors (Lipinski definition) is 6. The zero-order valence-corrected chi connectivity index (χ0v) is 23.1. The fourth-order valence-electron chi connectivity index (χ4n) is 4.76. The Morgan fingerprint density at radius 2 is 1.92 bits per heavy atom. The van der Waals surface area contributed by atoms with E-state index < -0.39 is 5.79 Å². The van der Waals surface area contributed by atoms with Crippen molar-refractivity contribution in [3.05, 3.63) is 51.6 Å². The van der Waals surface area contributed by atoms with E-state index in [0.29, 0.717) is 39.5 Å². The molecular formula is C29H40ClNO6.